The molecule has 1 aliphatic rings. The van der Waals surface area contributed by atoms with E-state index in [0.717, 1.165) is 6.07 Å². The van der Waals surface area contributed by atoms with Gasteiger partial charge in [0.1, 0.15) is 0 Å². The van der Waals surface area contributed by atoms with Gasteiger partial charge in [0.05, 0.1) is 10.5 Å². The lowest BCUT2D eigenvalue weighted by Crippen LogP contribution is -2.45. The maximum Gasteiger partial charge on any atom is 0.416 e. The summed E-state index contributed by atoms with van der Waals surface area (Å²) in [5, 5.41) is 0. The fourth-order valence-corrected chi connectivity index (χ4v) is 5.02. The molecule has 0 aliphatic carbocycles. The molecule has 0 aromatic heterocycles. The molecule has 2 aromatic rings. The van der Waals surface area contributed by atoms with Crippen LogP contribution in [-0.2, 0) is 22.7 Å². The first kappa shape index (κ1) is 20.8. The molecule has 4 nitrogen and oxygen atoms in total. The zero-order chi connectivity index (χ0) is 20.4. The third-order valence-electron chi connectivity index (χ3n) is 5.11. The van der Waals surface area contributed by atoms with E-state index in [0.29, 0.717) is 38.0 Å². The minimum atomic E-state index is -4.36. The van der Waals surface area contributed by atoms with Gasteiger partial charge in [0.25, 0.3) is 0 Å². The molecule has 1 aliphatic heterocycles. The van der Waals surface area contributed by atoms with Gasteiger partial charge in [-0.1, -0.05) is 36.4 Å². The molecule has 1 saturated heterocycles. The van der Waals surface area contributed by atoms with Crippen LogP contribution in [0.1, 0.15) is 24.0 Å². The summed E-state index contributed by atoms with van der Waals surface area (Å²) in [5.74, 6) is 0. The van der Waals surface area contributed by atoms with E-state index in [2.05, 4.69) is 0 Å². The van der Waals surface area contributed by atoms with Gasteiger partial charge >= 0.3 is 6.18 Å². The standard InChI is InChI=1S/C20H23F3N2O2S/c1-24(15-16-6-5-7-17(14-16)20(21,22)23)18-10-12-25(13-11-18)28(26,27)19-8-3-2-4-9-19/h2-9,14,18H,10-13,15H2,1H3. The van der Waals surface area contributed by atoms with Crippen molar-refractivity contribution in [2.45, 2.75) is 36.5 Å². The number of hydrogen-bond donors (Lipinski definition) is 0. The van der Waals surface area contributed by atoms with E-state index in [1.807, 2.05) is 11.9 Å². The quantitative estimate of drug-likeness (QED) is 0.746. The van der Waals surface area contributed by atoms with Crippen LogP contribution in [0.2, 0.25) is 0 Å². The van der Waals surface area contributed by atoms with E-state index in [9.17, 15) is 21.6 Å². The molecule has 0 N–H and O–H groups in total. The Kier molecular flexibility index (Phi) is 6.12. The van der Waals surface area contributed by atoms with E-state index >= 15 is 0 Å². The van der Waals surface area contributed by atoms with E-state index in [4.69, 9.17) is 0 Å². The average Bonchev–Trinajstić information content (AvgIpc) is 2.68. The van der Waals surface area contributed by atoms with Crippen LogP contribution in [0.5, 0.6) is 0 Å². The maximum absolute atomic E-state index is 12.9. The van der Waals surface area contributed by atoms with Crippen LogP contribution in [0.3, 0.4) is 0 Å². The maximum atomic E-state index is 12.9. The van der Waals surface area contributed by atoms with Crippen molar-refractivity contribution in [1.29, 1.82) is 0 Å². The van der Waals surface area contributed by atoms with Crippen molar-refractivity contribution in [2.75, 3.05) is 20.1 Å². The van der Waals surface area contributed by atoms with Gasteiger partial charge in [0.15, 0.2) is 0 Å². The fourth-order valence-electron chi connectivity index (χ4n) is 3.53. The highest BCUT2D eigenvalue weighted by Crippen LogP contribution is 2.30. The van der Waals surface area contributed by atoms with Gasteiger partial charge in [-0.2, -0.15) is 17.5 Å². The molecule has 0 unspecified atom stereocenters. The molecular weight excluding hydrogens is 389 g/mol. The second-order valence-electron chi connectivity index (χ2n) is 7.06. The second-order valence-corrected chi connectivity index (χ2v) is 9.00. The summed E-state index contributed by atoms with van der Waals surface area (Å²) >= 11 is 0. The van der Waals surface area contributed by atoms with Crippen LogP contribution in [0.25, 0.3) is 0 Å². The summed E-state index contributed by atoms with van der Waals surface area (Å²) in [4.78, 5) is 2.29. The van der Waals surface area contributed by atoms with Gasteiger partial charge in [-0.25, -0.2) is 8.42 Å². The number of nitrogens with zero attached hydrogens (tertiary/aromatic N) is 2. The lowest BCUT2D eigenvalue weighted by atomic mass is 10.0. The Bertz CT molecular complexity index is 893. The first-order valence-corrected chi connectivity index (χ1v) is 10.5. The first-order chi connectivity index (χ1) is 13.2. The first-order valence-electron chi connectivity index (χ1n) is 9.09. The number of alkyl halides is 3. The molecular formula is C20H23F3N2O2S. The van der Waals surface area contributed by atoms with Crippen LogP contribution >= 0.6 is 0 Å². The molecule has 1 fully saturated rings. The molecule has 0 atom stereocenters. The smallest absolute Gasteiger partial charge is 0.299 e. The second kappa shape index (κ2) is 8.23. The highest BCUT2D eigenvalue weighted by atomic mass is 32.2. The Hall–Kier alpha value is -1.90. The predicted molar refractivity (Wildman–Crippen MR) is 101 cm³/mol. The summed E-state index contributed by atoms with van der Waals surface area (Å²) < 4.78 is 65.5. The molecule has 3 rings (SSSR count). The van der Waals surface area contributed by atoms with Crippen molar-refractivity contribution >= 4 is 10.0 Å². The molecule has 8 heteroatoms. The minimum absolute atomic E-state index is 0.122. The Morgan fingerprint density at radius 1 is 1.04 bits per heavy atom. The average molecular weight is 412 g/mol. The molecule has 2 aromatic carbocycles. The SMILES string of the molecule is CN(Cc1cccc(C(F)(F)F)c1)C1CCN(S(=O)(=O)c2ccccc2)CC1. The monoisotopic (exact) mass is 412 g/mol. The van der Waals surface area contributed by atoms with E-state index in [1.165, 1.54) is 16.4 Å². The largest absolute Gasteiger partial charge is 0.416 e. The molecule has 0 saturated carbocycles. The third kappa shape index (κ3) is 4.74. The van der Waals surface area contributed by atoms with Gasteiger partial charge in [0.2, 0.25) is 10.0 Å². The van der Waals surface area contributed by atoms with E-state index in [1.54, 1.807) is 36.4 Å². The van der Waals surface area contributed by atoms with Crippen LogP contribution in [-0.4, -0.2) is 43.8 Å². The number of sulfonamides is 1. The van der Waals surface area contributed by atoms with Crippen LogP contribution in [0.4, 0.5) is 13.2 Å². The van der Waals surface area contributed by atoms with Gasteiger partial charge in [-0.15, -0.1) is 0 Å². The highest BCUT2D eigenvalue weighted by molar-refractivity contribution is 7.89. The van der Waals surface area contributed by atoms with Crippen molar-refractivity contribution in [3.8, 4) is 0 Å². The number of piperidine rings is 1. The summed E-state index contributed by atoms with van der Waals surface area (Å²) in [6.45, 7) is 1.18. The van der Waals surface area contributed by atoms with Crippen LogP contribution in [0, 0.1) is 0 Å². The van der Waals surface area contributed by atoms with Gasteiger partial charge in [-0.3, -0.25) is 4.90 Å². The number of halogens is 3. The number of rotatable bonds is 5. The van der Waals surface area contributed by atoms with Crippen molar-refractivity contribution in [3.63, 3.8) is 0 Å². The van der Waals surface area contributed by atoms with Crippen molar-refractivity contribution in [3.05, 3.63) is 65.7 Å². The van der Waals surface area contributed by atoms with Gasteiger partial charge in [-0.05, 0) is 43.7 Å². The molecule has 152 valence electrons. The Morgan fingerprint density at radius 3 is 2.29 bits per heavy atom. The van der Waals surface area contributed by atoms with E-state index in [-0.39, 0.29) is 10.9 Å². The molecule has 28 heavy (non-hydrogen) atoms. The lowest BCUT2D eigenvalue weighted by molar-refractivity contribution is -0.137. The number of hydrogen-bond acceptors (Lipinski definition) is 3. The number of benzene rings is 2. The topological polar surface area (TPSA) is 40.6 Å². The van der Waals surface area contributed by atoms with E-state index < -0.39 is 21.8 Å². The Morgan fingerprint density at radius 2 is 1.68 bits per heavy atom. The molecule has 0 spiro atoms. The molecule has 0 bridgehead atoms. The fraction of sp³-hybridized carbons (Fsp3) is 0.400. The van der Waals surface area contributed by atoms with Crippen molar-refractivity contribution < 1.29 is 21.6 Å². The normalized spacial score (nSPS) is 17.2. The van der Waals surface area contributed by atoms with Crippen molar-refractivity contribution in [1.82, 2.24) is 9.21 Å². The summed E-state index contributed by atoms with van der Waals surface area (Å²) in [6.07, 6.45) is -3.07. The molecule has 0 radical (unpaired) electrons. The molecule has 1 heterocycles. The Balaban J connectivity index is 1.61. The summed E-state index contributed by atoms with van der Waals surface area (Å²) in [7, 11) is -1.63. The minimum Gasteiger partial charge on any atom is -0.299 e. The summed E-state index contributed by atoms with van der Waals surface area (Å²) in [5.41, 5.74) is -0.0566. The lowest BCUT2D eigenvalue weighted by Gasteiger charge is -2.36. The summed E-state index contributed by atoms with van der Waals surface area (Å²) in [6, 6.07) is 13.8. The third-order valence-corrected chi connectivity index (χ3v) is 7.03. The predicted octanol–water partition coefficient (Wildman–Crippen LogP) is 3.99. The van der Waals surface area contributed by atoms with Crippen LogP contribution in [0.15, 0.2) is 59.5 Å². The molecule has 0 amide bonds. The highest BCUT2D eigenvalue weighted by Gasteiger charge is 2.32. The van der Waals surface area contributed by atoms with Gasteiger partial charge < -0.3 is 0 Å². The van der Waals surface area contributed by atoms with Gasteiger partial charge in [0, 0.05) is 25.7 Å². The van der Waals surface area contributed by atoms with Crippen molar-refractivity contribution in [2.24, 2.45) is 0 Å². The zero-order valence-corrected chi connectivity index (χ0v) is 16.4. The zero-order valence-electron chi connectivity index (χ0n) is 15.6. The van der Waals surface area contributed by atoms with Crippen LogP contribution < -0.4 is 0 Å². The Labute approximate surface area is 163 Å².